The van der Waals surface area contributed by atoms with E-state index in [1.807, 2.05) is 12.1 Å². The van der Waals surface area contributed by atoms with Crippen LogP contribution in [0.4, 0.5) is 0 Å². The number of benzene rings is 1. The molecule has 1 aromatic carbocycles. The van der Waals surface area contributed by atoms with E-state index in [1.165, 1.54) is 24.8 Å². The highest BCUT2D eigenvalue weighted by molar-refractivity contribution is 14.1. The number of rotatable bonds is 6. The molecule has 1 aromatic rings. The van der Waals surface area contributed by atoms with Gasteiger partial charge in [0.05, 0.1) is 5.56 Å². The Hall–Kier alpha value is -0.580. The summed E-state index contributed by atoms with van der Waals surface area (Å²) in [7, 11) is 0. The summed E-state index contributed by atoms with van der Waals surface area (Å²) >= 11 is 2.15. The van der Waals surface area contributed by atoms with E-state index < -0.39 is 5.97 Å². The minimum Gasteiger partial charge on any atom is -0.478 e. The summed E-state index contributed by atoms with van der Waals surface area (Å²) in [6.45, 7) is 4.37. The largest absolute Gasteiger partial charge is 0.478 e. The summed E-state index contributed by atoms with van der Waals surface area (Å²) in [4.78, 5) is 11.1. The van der Waals surface area contributed by atoms with Gasteiger partial charge >= 0.3 is 5.97 Å². The second-order valence-corrected chi connectivity index (χ2v) is 5.49. The summed E-state index contributed by atoms with van der Waals surface area (Å²) in [5, 5.41) is 9.08. The quantitative estimate of drug-likeness (QED) is 0.600. The molecule has 1 unspecified atom stereocenters. The summed E-state index contributed by atoms with van der Waals surface area (Å²) in [5.41, 5.74) is 1.59. The van der Waals surface area contributed by atoms with Crippen molar-refractivity contribution < 1.29 is 9.90 Å². The molecule has 0 radical (unpaired) electrons. The van der Waals surface area contributed by atoms with Gasteiger partial charge in [0.15, 0.2) is 0 Å². The van der Waals surface area contributed by atoms with Gasteiger partial charge in [-0.05, 0) is 46.6 Å². The van der Waals surface area contributed by atoms with Gasteiger partial charge in [-0.25, -0.2) is 4.79 Å². The Morgan fingerprint density at radius 1 is 1.41 bits per heavy atom. The van der Waals surface area contributed by atoms with Gasteiger partial charge < -0.3 is 5.11 Å². The van der Waals surface area contributed by atoms with Gasteiger partial charge in [-0.3, -0.25) is 0 Å². The molecule has 3 heteroatoms. The predicted octanol–water partition coefficient (Wildman–Crippen LogP) is 4.67. The van der Waals surface area contributed by atoms with Crippen LogP contribution in [0.3, 0.4) is 0 Å². The standard InChI is InChI=1S/C14H19IO2/c1-3-4-5-7-10(2)11-8-6-9-12(13(11)15)14(16)17/h6,8-10H,3-5,7H2,1-2H3,(H,16,17). The van der Waals surface area contributed by atoms with Crippen LogP contribution in [0.2, 0.25) is 0 Å². The van der Waals surface area contributed by atoms with Crippen LogP contribution in [0.15, 0.2) is 18.2 Å². The van der Waals surface area contributed by atoms with Crippen LogP contribution in [-0.4, -0.2) is 11.1 Å². The lowest BCUT2D eigenvalue weighted by atomic mass is 9.94. The number of hydrogen-bond acceptors (Lipinski definition) is 1. The Labute approximate surface area is 117 Å². The third-order valence-corrected chi connectivity index (χ3v) is 4.23. The number of carboxylic acid groups (broad SMARTS) is 1. The molecule has 2 nitrogen and oxygen atoms in total. The highest BCUT2D eigenvalue weighted by Crippen LogP contribution is 2.28. The lowest BCUT2D eigenvalue weighted by molar-refractivity contribution is 0.0695. The van der Waals surface area contributed by atoms with Gasteiger partial charge in [-0.1, -0.05) is 45.2 Å². The molecule has 17 heavy (non-hydrogen) atoms. The Morgan fingerprint density at radius 3 is 2.71 bits per heavy atom. The normalized spacial score (nSPS) is 12.4. The second-order valence-electron chi connectivity index (χ2n) is 4.41. The average Bonchev–Trinajstić information content (AvgIpc) is 2.29. The van der Waals surface area contributed by atoms with Gasteiger partial charge in [0.2, 0.25) is 0 Å². The zero-order valence-corrected chi connectivity index (χ0v) is 12.5. The molecule has 94 valence electrons. The zero-order valence-electron chi connectivity index (χ0n) is 10.4. The minimum atomic E-state index is -0.836. The van der Waals surface area contributed by atoms with E-state index in [1.54, 1.807) is 6.07 Å². The molecule has 0 aliphatic carbocycles. The lowest BCUT2D eigenvalue weighted by Gasteiger charge is -2.14. The molecule has 0 fully saturated rings. The monoisotopic (exact) mass is 346 g/mol. The fourth-order valence-electron chi connectivity index (χ4n) is 1.95. The molecular weight excluding hydrogens is 327 g/mol. The molecule has 0 bridgehead atoms. The first kappa shape index (κ1) is 14.5. The van der Waals surface area contributed by atoms with Crippen molar-refractivity contribution in [3.63, 3.8) is 0 Å². The average molecular weight is 346 g/mol. The molecular formula is C14H19IO2. The third kappa shape index (κ3) is 3.98. The second kappa shape index (κ2) is 6.99. The van der Waals surface area contributed by atoms with Crippen LogP contribution >= 0.6 is 22.6 Å². The fourth-order valence-corrected chi connectivity index (χ4v) is 3.07. The molecule has 0 amide bonds. The topological polar surface area (TPSA) is 37.3 Å². The number of unbranched alkanes of at least 4 members (excludes halogenated alkanes) is 2. The molecule has 0 aliphatic heterocycles. The Kier molecular flexibility index (Phi) is 5.95. The summed E-state index contributed by atoms with van der Waals surface area (Å²) in [6, 6.07) is 5.56. The van der Waals surface area contributed by atoms with Gasteiger partial charge in [0.1, 0.15) is 0 Å². The number of aromatic carboxylic acids is 1. The molecule has 1 atom stereocenters. The molecule has 0 spiro atoms. The van der Waals surface area contributed by atoms with Crippen molar-refractivity contribution in [1.82, 2.24) is 0 Å². The minimum absolute atomic E-state index is 0.422. The van der Waals surface area contributed by atoms with E-state index in [4.69, 9.17) is 5.11 Å². The van der Waals surface area contributed by atoms with Crippen molar-refractivity contribution in [2.75, 3.05) is 0 Å². The Bertz CT molecular complexity index is 388. The highest BCUT2D eigenvalue weighted by Gasteiger charge is 2.15. The smallest absolute Gasteiger partial charge is 0.336 e. The van der Waals surface area contributed by atoms with Crippen molar-refractivity contribution in [2.45, 2.75) is 45.4 Å². The van der Waals surface area contributed by atoms with E-state index in [0.29, 0.717) is 11.5 Å². The van der Waals surface area contributed by atoms with Crippen molar-refractivity contribution in [3.8, 4) is 0 Å². The number of hydrogen-bond donors (Lipinski definition) is 1. The van der Waals surface area contributed by atoms with Crippen LogP contribution < -0.4 is 0 Å². The maximum atomic E-state index is 11.1. The third-order valence-electron chi connectivity index (χ3n) is 3.03. The maximum absolute atomic E-state index is 11.1. The molecule has 1 rings (SSSR count). The van der Waals surface area contributed by atoms with E-state index >= 15 is 0 Å². The molecule has 0 aromatic heterocycles. The number of halogens is 1. The van der Waals surface area contributed by atoms with Gasteiger partial charge in [0.25, 0.3) is 0 Å². The van der Waals surface area contributed by atoms with Gasteiger partial charge in [-0.2, -0.15) is 0 Å². The molecule has 1 N–H and O–H groups in total. The summed E-state index contributed by atoms with van der Waals surface area (Å²) < 4.78 is 0.890. The molecule has 0 heterocycles. The zero-order chi connectivity index (χ0) is 12.8. The first-order chi connectivity index (χ1) is 8.07. The predicted molar refractivity (Wildman–Crippen MR) is 78.7 cm³/mol. The van der Waals surface area contributed by atoms with Gasteiger partial charge in [0, 0.05) is 3.57 Å². The summed E-state index contributed by atoms with van der Waals surface area (Å²) in [6.07, 6.45) is 4.82. The van der Waals surface area contributed by atoms with Gasteiger partial charge in [-0.15, -0.1) is 0 Å². The Morgan fingerprint density at radius 2 is 2.12 bits per heavy atom. The van der Waals surface area contributed by atoms with Crippen molar-refractivity contribution >= 4 is 28.6 Å². The van der Waals surface area contributed by atoms with E-state index in [9.17, 15) is 4.79 Å². The first-order valence-electron chi connectivity index (χ1n) is 6.09. The van der Waals surface area contributed by atoms with Crippen LogP contribution in [0.5, 0.6) is 0 Å². The van der Waals surface area contributed by atoms with E-state index in [-0.39, 0.29) is 0 Å². The number of carboxylic acids is 1. The maximum Gasteiger partial charge on any atom is 0.336 e. The Balaban J connectivity index is 2.83. The lowest BCUT2D eigenvalue weighted by Crippen LogP contribution is -2.05. The first-order valence-corrected chi connectivity index (χ1v) is 7.17. The molecule has 0 saturated carbocycles. The SMILES string of the molecule is CCCCCC(C)c1cccc(C(=O)O)c1I. The molecule has 0 saturated heterocycles. The summed E-state index contributed by atoms with van der Waals surface area (Å²) in [5.74, 6) is -0.398. The number of carbonyl (C=O) groups is 1. The van der Waals surface area contributed by atoms with E-state index in [2.05, 4.69) is 36.4 Å². The van der Waals surface area contributed by atoms with Crippen molar-refractivity contribution in [2.24, 2.45) is 0 Å². The van der Waals surface area contributed by atoms with E-state index in [0.717, 1.165) is 9.99 Å². The van der Waals surface area contributed by atoms with Crippen LogP contribution in [0, 0.1) is 3.57 Å². The van der Waals surface area contributed by atoms with Crippen LogP contribution in [0.25, 0.3) is 0 Å². The molecule has 0 aliphatic rings. The van der Waals surface area contributed by atoms with Crippen LogP contribution in [0.1, 0.15) is 61.4 Å². The highest BCUT2D eigenvalue weighted by atomic mass is 127. The van der Waals surface area contributed by atoms with Crippen molar-refractivity contribution in [3.05, 3.63) is 32.9 Å². The fraction of sp³-hybridized carbons (Fsp3) is 0.500. The van der Waals surface area contributed by atoms with Crippen molar-refractivity contribution in [1.29, 1.82) is 0 Å². The van der Waals surface area contributed by atoms with Crippen LogP contribution in [-0.2, 0) is 0 Å².